The van der Waals surface area contributed by atoms with Gasteiger partial charge < -0.3 is 5.32 Å². The lowest BCUT2D eigenvalue weighted by molar-refractivity contribution is -0.115. The molecule has 0 saturated carbocycles. The van der Waals surface area contributed by atoms with Crippen LogP contribution in [0.3, 0.4) is 0 Å². The Morgan fingerprint density at radius 1 is 1.14 bits per heavy atom. The number of hydrogen-bond acceptors (Lipinski definition) is 3. The average molecular weight is 318 g/mol. The van der Waals surface area contributed by atoms with E-state index in [4.69, 9.17) is 11.6 Å². The normalized spacial score (nSPS) is 17.0. The largest absolute Gasteiger partial charge is 0.324 e. The molecular formula is C16H12ClNO2S. The van der Waals surface area contributed by atoms with Crippen molar-refractivity contribution in [1.82, 2.24) is 0 Å². The number of carbonyl (C=O) groups is 2. The van der Waals surface area contributed by atoms with Crippen molar-refractivity contribution >= 4 is 40.7 Å². The van der Waals surface area contributed by atoms with Gasteiger partial charge >= 0.3 is 0 Å². The van der Waals surface area contributed by atoms with Crippen LogP contribution in [0.25, 0.3) is 0 Å². The summed E-state index contributed by atoms with van der Waals surface area (Å²) in [5, 5.41) is 3.03. The molecule has 3 nitrogen and oxygen atoms in total. The first kappa shape index (κ1) is 14.2. The van der Waals surface area contributed by atoms with Gasteiger partial charge in [-0.05, 0) is 36.4 Å². The number of hydrogen-bond donors (Lipinski definition) is 1. The first-order valence-corrected chi connectivity index (χ1v) is 7.74. The zero-order chi connectivity index (χ0) is 14.8. The van der Waals surface area contributed by atoms with Gasteiger partial charge in [0.25, 0.3) is 0 Å². The van der Waals surface area contributed by atoms with Crippen molar-refractivity contribution in [2.24, 2.45) is 0 Å². The van der Waals surface area contributed by atoms with E-state index in [1.54, 1.807) is 24.3 Å². The summed E-state index contributed by atoms with van der Waals surface area (Å²) in [6.07, 6.45) is 0.173. The zero-order valence-corrected chi connectivity index (χ0v) is 12.6. The zero-order valence-electron chi connectivity index (χ0n) is 11.0. The van der Waals surface area contributed by atoms with Gasteiger partial charge in [0.15, 0.2) is 5.78 Å². The quantitative estimate of drug-likeness (QED) is 0.869. The average Bonchev–Trinajstić information content (AvgIpc) is 2.48. The first-order valence-electron chi connectivity index (χ1n) is 6.49. The molecule has 0 fully saturated rings. The molecule has 0 radical (unpaired) electrons. The molecule has 106 valence electrons. The van der Waals surface area contributed by atoms with Crippen LogP contribution in [0.1, 0.15) is 16.8 Å². The maximum absolute atomic E-state index is 12.2. The minimum atomic E-state index is -0.400. The second kappa shape index (κ2) is 5.92. The summed E-state index contributed by atoms with van der Waals surface area (Å²) in [6.45, 7) is 0. The molecule has 0 spiro atoms. The van der Waals surface area contributed by atoms with Gasteiger partial charge in [0.2, 0.25) is 5.91 Å². The van der Waals surface area contributed by atoms with Crippen LogP contribution in [0.15, 0.2) is 53.4 Å². The van der Waals surface area contributed by atoms with Crippen LogP contribution >= 0.6 is 23.4 Å². The maximum atomic E-state index is 12.2. The van der Waals surface area contributed by atoms with Crippen LogP contribution in [0, 0.1) is 0 Å². The Morgan fingerprint density at radius 3 is 2.62 bits per heavy atom. The molecular weight excluding hydrogens is 306 g/mol. The molecule has 1 aliphatic heterocycles. The van der Waals surface area contributed by atoms with E-state index in [-0.39, 0.29) is 18.1 Å². The molecule has 2 aromatic carbocycles. The molecule has 1 unspecified atom stereocenters. The summed E-state index contributed by atoms with van der Waals surface area (Å²) in [5.74, 6) is -0.181. The summed E-state index contributed by atoms with van der Waals surface area (Å²) in [7, 11) is 0. The maximum Gasteiger partial charge on any atom is 0.238 e. The molecule has 0 aromatic heterocycles. The number of carbonyl (C=O) groups excluding carboxylic acids is 2. The number of nitrogens with one attached hydrogen (secondary N) is 1. The smallest absolute Gasteiger partial charge is 0.238 e. The van der Waals surface area contributed by atoms with E-state index in [9.17, 15) is 9.59 Å². The van der Waals surface area contributed by atoms with E-state index < -0.39 is 5.25 Å². The van der Waals surface area contributed by atoms with Crippen LogP contribution in [0.2, 0.25) is 5.02 Å². The van der Waals surface area contributed by atoms with E-state index in [1.807, 2.05) is 24.3 Å². The highest BCUT2D eigenvalue weighted by atomic mass is 35.5. The minimum absolute atomic E-state index is 0.0568. The van der Waals surface area contributed by atoms with Crippen molar-refractivity contribution in [3.05, 3.63) is 59.1 Å². The lowest BCUT2D eigenvalue weighted by Crippen LogP contribution is -2.30. The van der Waals surface area contributed by atoms with E-state index in [0.29, 0.717) is 10.6 Å². The van der Waals surface area contributed by atoms with Crippen molar-refractivity contribution in [2.75, 3.05) is 5.32 Å². The number of halogens is 1. The fourth-order valence-electron chi connectivity index (χ4n) is 2.15. The van der Waals surface area contributed by atoms with Crippen LogP contribution in [0.4, 0.5) is 5.69 Å². The fraction of sp³-hybridized carbons (Fsp3) is 0.125. The van der Waals surface area contributed by atoms with E-state index >= 15 is 0 Å². The predicted molar refractivity (Wildman–Crippen MR) is 85.1 cm³/mol. The third kappa shape index (κ3) is 3.12. The number of rotatable bonds is 3. The van der Waals surface area contributed by atoms with E-state index in [0.717, 1.165) is 10.6 Å². The summed E-state index contributed by atoms with van der Waals surface area (Å²) < 4.78 is 0. The number of fused-ring (bicyclic) bond motifs is 1. The van der Waals surface area contributed by atoms with Crippen LogP contribution < -0.4 is 5.32 Å². The SMILES string of the molecule is O=C(CC1Sc2ccccc2NC1=O)c1ccc(Cl)cc1. The number of para-hydroxylation sites is 1. The number of benzene rings is 2. The van der Waals surface area contributed by atoms with Crippen LogP contribution in [-0.2, 0) is 4.79 Å². The van der Waals surface area contributed by atoms with Gasteiger partial charge in [-0.2, -0.15) is 0 Å². The Bertz CT molecular complexity index is 700. The van der Waals surface area contributed by atoms with Gasteiger partial charge in [-0.15, -0.1) is 11.8 Å². The summed E-state index contributed by atoms with van der Waals surface area (Å²) in [4.78, 5) is 25.3. The summed E-state index contributed by atoms with van der Waals surface area (Å²) >= 11 is 7.24. The Kier molecular flexibility index (Phi) is 3.99. The van der Waals surface area contributed by atoms with E-state index in [2.05, 4.69) is 5.32 Å². The molecule has 1 atom stereocenters. The van der Waals surface area contributed by atoms with Gasteiger partial charge in [-0.1, -0.05) is 23.7 Å². The standard InChI is InChI=1S/C16H12ClNO2S/c17-11-7-5-10(6-8-11)13(19)9-15-16(20)18-12-3-1-2-4-14(12)21-15/h1-8,15H,9H2,(H,18,20). The third-order valence-electron chi connectivity index (χ3n) is 3.24. The molecule has 0 saturated heterocycles. The minimum Gasteiger partial charge on any atom is -0.324 e. The monoisotopic (exact) mass is 317 g/mol. The highest BCUT2D eigenvalue weighted by Gasteiger charge is 2.28. The summed E-state index contributed by atoms with van der Waals surface area (Å²) in [5.41, 5.74) is 1.38. The molecule has 2 aromatic rings. The first-order chi connectivity index (χ1) is 10.1. The predicted octanol–water partition coefficient (Wildman–Crippen LogP) is 4.03. The van der Waals surface area contributed by atoms with Gasteiger partial charge in [0, 0.05) is 21.9 Å². The van der Waals surface area contributed by atoms with Crippen molar-refractivity contribution in [2.45, 2.75) is 16.6 Å². The molecule has 5 heteroatoms. The van der Waals surface area contributed by atoms with Gasteiger partial charge in [0.05, 0.1) is 10.9 Å². The summed E-state index contributed by atoms with van der Waals surface area (Å²) in [6, 6.07) is 14.3. The Hall–Kier alpha value is -1.78. The molecule has 3 rings (SSSR count). The van der Waals surface area contributed by atoms with Gasteiger partial charge in [0.1, 0.15) is 0 Å². The lowest BCUT2D eigenvalue weighted by Gasteiger charge is -2.23. The number of ketones is 1. The Labute approximate surface area is 131 Å². The second-order valence-corrected chi connectivity index (χ2v) is 6.41. The molecule has 21 heavy (non-hydrogen) atoms. The molecule has 1 heterocycles. The lowest BCUT2D eigenvalue weighted by atomic mass is 10.1. The topological polar surface area (TPSA) is 46.2 Å². The van der Waals surface area contributed by atoms with Crippen molar-refractivity contribution < 1.29 is 9.59 Å². The molecule has 0 aliphatic carbocycles. The number of Topliss-reactive ketones (excluding diaryl/α,β-unsaturated/α-hetero) is 1. The third-order valence-corrected chi connectivity index (χ3v) is 4.77. The van der Waals surface area contributed by atoms with E-state index in [1.165, 1.54) is 11.8 Å². The highest BCUT2D eigenvalue weighted by Crippen LogP contribution is 2.37. The van der Waals surface area contributed by atoms with Crippen molar-refractivity contribution in [1.29, 1.82) is 0 Å². The van der Waals surface area contributed by atoms with Crippen LogP contribution in [0.5, 0.6) is 0 Å². The second-order valence-electron chi connectivity index (χ2n) is 4.73. The number of amides is 1. The van der Waals surface area contributed by atoms with Crippen molar-refractivity contribution in [3.8, 4) is 0 Å². The molecule has 1 amide bonds. The molecule has 1 aliphatic rings. The van der Waals surface area contributed by atoms with Gasteiger partial charge in [-0.3, -0.25) is 9.59 Å². The highest BCUT2D eigenvalue weighted by molar-refractivity contribution is 8.01. The molecule has 1 N–H and O–H groups in total. The Balaban J connectivity index is 1.75. The van der Waals surface area contributed by atoms with Crippen molar-refractivity contribution in [3.63, 3.8) is 0 Å². The fourth-order valence-corrected chi connectivity index (χ4v) is 3.39. The molecule has 0 bridgehead atoms. The number of anilines is 1. The van der Waals surface area contributed by atoms with Crippen LogP contribution in [-0.4, -0.2) is 16.9 Å². The number of thioether (sulfide) groups is 1. The Morgan fingerprint density at radius 2 is 1.86 bits per heavy atom. The van der Waals surface area contributed by atoms with Gasteiger partial charge in [-0.25, -0.2) is 0 Å².